The third-order valence-electron chi connectivity index (χ3n) is 3.16. The van der Waals surface area contributed by atoms with Crippen molar-refractivity contribution in [3.63, 3.8) is 0 Å². The predicted molar refractivity (Wildman–Crippen MR) is 87.2 cm³/mol. The largest absolute Gasteiger partial charge is 0.288 e. The average Bonchev–Trinajstić information content (AvgIpc) is 2.92. The lowest BCUT2D eigenvalue weighted by Crippen LogP contribution is -2.17. The number of rotatable bonds is 6. The van der Waals surface area contributed by atoms with E-state index in [-0.39, 0.29) is 0 Å². The summed E-state index contributed by atoms with van der Waals surface area (Å²) < 4.78 is 0. The number of hydrogen-bond donors (Lipinski definition) is 0. The number of nitrogens with zero attached hydrogens (tertiary/aromatic N) is 1. The molecule has 0 amide bonds. The van der Waals surface area contributed by atoms with E-state index in [1.54, 1.807) is 0 Å². The van der Waals surface area contributed by atoms with Crippen molar-refractivity contribution in [1.29, 1.82) is 0 Å². The maximum Gasteiger partial charge on any atom is 0.0613 e. The number of allylic oxidation sites excluding steroid dienone is 2. The molecule has 1 aromatic rings. The Morgan fingerprint density at radius 3 is 2.47 bits per heavy atom. The minimum Gasteiger partial charge on any atom is -0.288 e. The third-order valence-corrected chi connectivity index (χ3v) is 4.39. The van der Waals surface area contributed by atoms with Crippen LogP contribution in [0.5, 0.6) is 0 Å². The number of hydrogen-bond acceptors (Lipinski definition) is 2. The van der Waals surface area contributed by atoms with Crippen LogP contribution in [0.1, 0.15) is 19.4 Å². The highest BCUT2D eigenvalue weighted by Gasteiger charge is 2.14. The lowest BCUT2D eigenvalue weighted by Gasteiger charge is -2.17. The molecule has 0 unspecified atom stereocenters. The van der Waals surface area contributed by atoms with Crippen LogP contribution in [0, 0.1) is 5.92 Å². The van der Waals surface area contributed by atoms with Gasteiger partial charge in [0.1, 0.15) is 0 Å². The fourth-order valence-electron chi connectivity index (χ4n) is 1.86. The Bertz CT molecular complexity index is 447. The van der Waals surface area contributed by atoms with Crippen LogP contribution >= 0.6 is 11.8 Å². The summed E-state index contributed by atoms with van der Waals surface area (Å²) in [4.78, 5) is 4.76. The molecule has 1 atom stereocenters. The van der Waals surface area contributed by atoms with E-state index in [0.29, 0.717) is 17.2 Å². The Morgan fingerprint density at radius 1 is 1.16 bits per heavy atom. The fourth-order valence-corrected chi connectivity index (χ4v) is 3.15. The first-order chi connectivity index (χ1) is 9.25. The van der Waals surface area contributed by atoms with Crippen LogP contribution in [-0.4, -0.2) is 23.3 Å². The molecule has 0 heterocycles. The number of benzene rings is 1. The smallest absolute Gasteiger partial charge is 0.0613 e. The van der Waals surface area contributed by atoms with Gasteiger partial charge in [-0.25, -0.2) is 0 Å². The van der Waals surface area contributed by atoms with Crippen LogP contribution in [-0.2, 0) is 0 Å². The summed E-state index contributed by atoms with van der Waals surface area (Å²) in [6.45, 7) is 4.49. The quantitative estimate of drug-likeness (QED) is 0.700. The van der Waals surface area contributed by atoms with E-state index in [2.05, 4.69) is 62.4 Å². The summed E-state index contributed by atoms with van der Waals surface area (Å²) >= 11 is 1.97. The monoisotopic (exact) mass is 271 g/mol. The summed E-state index contributed by atoms with van der Waals surface area (Å²) in [5.41, 5.74) is 1.18. The number of aliphatic imine (C=N–C) groups is 1. The van der Waals surface area contributed by atoms with Gasteiger partial charge in [-0.15, -0.1) is 11.8 Å². The fraction of sp³-hybridized carbons (Fsp3) is 0.353. The summed E-state index contributed by atoms with van der Waals surface area (Å²) in [6, 6.07) is 10.7. The molecule has 0 fully saturated rings. The maximum absolute atomic E-state index is 4.76. The molecule has 0 N–H and O–H groups in total. The summed E-state index contributed by atoms with van der Waals surface area (Å²) in [7, 11) is 0. The van der Waals surface area contributed by atoms with Gasteiger partial charge in [-0.2, -0.15) is 0 Å². The van der Waals surface area contributed by atoms with E-state index in [9.17, 15) is 0 Å². The number of thioether (sulfide) groups is 1. The van der Waals surface area contributed by atoms with Gasteiger partial charge < -0.3 is 0 Å². The van der Waals surface area contributed by atoms with Crippen LogP contribution in [0.25, 0.3) is 0 Å². The highest BCUT2D eigenvalue weighted by atomic mass is 32.2. The van der Waals surface area contributed by atoms with Crippen molar-refractivity contribution < 1.29 is 0 Å². The van der Waals surface area contributed by atoms with E-state index < -0.39 is 0 Å². The lowest BCUT2D eigenvalue weighted by molar-refractivity contribution is 0.539. The maximum atomic E-state index is 4.76. The van der Waals surface area contributed by atoms with Crippen molar-refractivity contribution in [2.75, 3.05) is 5.75 Å². The Balaban J connectivity index is 1.90. The highest BCUT2D eigenvalue weighted by Crippen LogP contribution is 2.22. The first-order valence-electron chi connectivity index (χ1n) is 6.80. The summed E-state index contributed by atoms with van der Waals surface area (Å²) in [5, 5.41) is 0.535. The van der Waals surface area contributed by atoms with Gasteiger partial charge in [0.2, 0.25) is 0 Å². The van der Waals surface area contributed by atoms with E-state index in [1.807, 2.05) is 24.0 Å². The average molecular weight is 271 g/mol. The van der Waals surface area contributed by atoms with Crippen LogP contribution in [0.15, 0.2) is 59.6 Å². The van der Waals surface area contributed by atoms with Crippen LogP contribution < -0.4 is 0 Å². The van der Waals surface area contributed by atoms with Gasteiger partial charge in [-0.1, -0.05) is 68.5 Å². The first kappa shape index (κ1) is 14.1. The second-order valence-corrected chi connectivity index (χ2v) is 6.28. The first-order valence-corrected chi connectivity index (χ1v) is 7.85. The second kappa shape index (κ2) is 7.34. The molecule has 0 saturated carbocycles. The molecule has 1 nitrogen and oxygen atoms in total. The topological polar surface area (TPSA) is 12.4 Å². The predicted octanol–water partition coefficient (Wildman–Crippen LogP) is 4.36. The molecule has 0 spiro atoms. The van der Waals surface area contributed by atoms with Gasteiger partial charge in [0.25, 0.3) is 0 Å². The molecule has 1 aromatic carbocycles. The Morgan fingerprint density at radius 2 is 1.84 bits per heavy atom. The van der Waals surface area contributed by atoms with Crippen LogP contribution in [0.2, 0.25) is 0 Å². The van der Waals surface area contributed by atoms with Crippen molar-refractivity contribution in [2.24, 2.45) is 10.9 Å². The zero-order valence-electron chi connectivity index (χ0n) is 11.6. The van der Waals surface area contributed by atoms with Gasteiger partial charge in [0.15, 0.2) is 0 Å². The van der Waals surface area contributed by atoms with Gasteiger partial charge >= 0.3 is 0 Å². The molecule has 0 aromatic heterocycles. The molecule has 0 radical (unpaired) electrons. The molecular formula is C17H21NS. The van der Waals surface area contributed by atoms with E-state index in [0.717, 1.165) is 5.75 Å². The lowest BCUT2D eigenvalue weighted by atomic mass is 10.1. The van der Waals surface area contributed by atoms with Crippen molar-refractivity contribution in [3.05, 3.63) is 60.2 Å². The van der Waals surface area contributed by atoms with Crippen molar-refractivity contribution >= 4 is 18.0 Å². The normalized spacial score (nSPS) is 16.8. The zero-order chi connectivity index (χ0) is 13.5. The Labute approximate surface area is 120 Å². The van der Waals surface area contributed by atoms with Crippen molar-refractivity contribution in [2.45, 2.75) is 25.1 Å². The zero-order valence-corrected chi connectivity index (χ0v) is 12.4. The highest BCUT2D eigenvalue weighted by molar-refractivity contribution is 8.00. The Hall–Kier alpha value is -1.28. The molecule has 0 saturated heterocycles. The molecule has 2 rings (SSSR count). The van der Waals surface area contributed by atoms with E-state index in [1.165, 1.54) is 5.56 Å². The van der Waals surface area contributed by atoms with Gasteiger partial charge in [-0.3, -0.25) is 4.99 Å². The second-order valence-electron chi connectivity index (χ2n) is 5.07. The molecule has 2 heteroatoms. The summed E-state index contributed by atoms with van der Waals surface area (Å²) in [6.07, 6.45) is 10.7. The molecule has 0 aliphatic heterocycles. The van der Waals surface area contributed by atoms with Gasteiger partial charge in [0, 0.05) is 17.2 Å². The van der Waals surface area contributed by atoms with E-state index in [4.69, 9.17) is 4.99 Å². The van der Waals surface area contributed by atoms with Crippen molar-refractivity contribution in [3.8, 4) is 0 Å². The minimum atomic E-state index is 0.382. The van der Waals surface area contributed by atoms with Crippen LogP contribution in [0.4, 0.5) is 0 Å². The summed E-state index contributed by atoms with van der Waals surface area (Å²) in [5.74, 6) is 1.64. The SMILES string of the molecule is CC(C)[C@@H](CSC1C=CC=C1)N=Cc1ccccc1. The van der Waals surface area contributed by atoms with E-state index >= 15 is 0 Å². The Kier molecular flexibility index (Phi) is 5.46. The molecule has 1 aliphatic carbocycles. The van der Waals surface area contributed by atoms with Crippen molar-refractivity contribution in [1.82, 2.24) is 0 Å². The molecule has 19 heavy (non-hydrogen) atoms. The standard InChI is InChI=1S/C17H21NS/c1-14(2)17(13-19-16-10-6-7-11-16)18-12-15-8-4-3-5-9-15/h3-12,14,16-17H,13H2,1-2H3/t17-/m1/s1. The molecule has 1 aliphatic rings. The third kappa shape index (κ3) is 4.71. The van der Waals surface area contributed by atoms with Gasteiger partial charge in [0.05, 0.1) is 6.04 Å². The molecule has 100 valence electrons. The van der Waals surface area contributed by atoms with Crippen LogP contribution in [0.3, 0.4) is 0 Å². The molecular weight excluding hydrogens is 250 g/mol. The minimum absolute atomic E-state index is 0.382. The molecule has 0 bridgehead atoms. The van der Waals surface area contributed by atoms with Gasteiger partial charge in [-0.05, 0) is 11.5 Å².